The maximum absolute atomic E-state index is 9.44. The Morgan fingerprint density at radius 3 is 2.52 bits per heavy atom. The molecule has 1 N–H and O–H groups in total. The number of nitrogens with zero attached hydrogens (tertiary/aromatic N) is 1. The molecule has 0 radical (unpaired) electrons. The zero-order valence-corrected chi connectivity index (χ0v) is 14.1. The Morgan fingerprint density at radius 2 is 1.70 bits per heavy atom. The van der Waals surface area contributed by atoms with Gasteiger partial charge in [0.15, 0.2) is 0 Å². The van der Waals surface area contributed by atoms with Crippen LogP contribution < -0.4 is 4.90 Å². The van der Waals surface area contributed by atoms with Crippen molar-refractivity contribution >= 4 is 11.4 Å². The van der Waals surface area contributed by atoms with E-state index < -0.39 is 0 Å². The first kappa shape index (κ1) is 16.1. The number of para-hydroxylation sites is 1. The van der Waals surface area contributed by atoms with Gasteiger partial charge in [-0.25, -0.2) is 0 Å². The van der Waals surface area contributed by atoms with E-state index in [-0.39, 0.29) is 6.61 Å². The highest BCUT2D eigenvalue weighted by Crippen LogP contribution is 2.36. The second-order valence-electron chi connectivity index (χ2n) is 6.46. The smallest absolute Gasteiger partial charge is 0.0681 e. The maximum atomic E-state index is 9.44. The van der Waals surface area contributed by atoms with Crippen molar-refractivity contribution in [3.63, 3.8) is 0 Å². The summed E-state index contributed by atoms with van der Waals surface area (Å²) in [5, 5.41) is 9.44. The molecule has 1 aliphatic heterocycles. The van der Waals surface area contributed by atoms with Gasteiger partial charge in [0.05, 0.1) is 6.61 Å². The average molecular weight is 309 g/mol. The van der Waals surface area contributed by atoms with Crippen molar-refractivity contribution in [3.8, 4) is 0 Å². The predicted molar refractivity (Wildman–Crippen MR) is 97.4 cm³/mol. The summed E-state index contributed by atoms with van der Waals surface area (Å²) in [5.74, 6) is 0. The van der Waals surface area contributed by atoms with Crippen LogP contribution in [0.4, 0.5) is 11.4 Å². The Balaban J connectivity index is 1.94. The Kier molecular flexibility index (Phi) is 5.35. The number of aliphatic hydroxyl groups excluding tert-OH is 1. The van der Waals surface area contributed by atoms with Crippen molar-refractivity contribution in [1.29, 1.82) is 0 Å². The first-order valence-electron chi connectivity index (χ1n) is 8.91. The van der Waals surface area contributed by atoms with Crippen molar-refractivity contribution < 1.29 is 5.11 Å². The minimum atomic E-state index is 0.122. The second-order valence-corrected chi connectivity index (χ2v) is 6.46. The van der Waals surface area contributed by atoms with E-state index >= 15 is 0 Å². The minimum absolute atomic E-state index is 0.122. The summed E-state index contributed by atoms with van der Waals surface area (Å²) in [6, 6.07) is 15.2. The molecule has 0 bridgehead atoms. The Morgan fingerprint density at radius 1 is 0.913 bits per heavy atom. The molecule has 1 heterocycles. The highest BCUT2D eigenvalue weighted by molar-refractivity contribution is 5.71. The Labute approximate surface area is 139 Å². The van der Waals surface area contributed by atoms with Crippen LogP contribution in [0.2, 0.25) is 0 Å². The van der Waals surface area contributed by atoms with Gasteiger partial charge in [0.1, 0.15) is 0 Å². The van der Waals surface area contributed by atoms with E-state index in [0.29, 0.717) is 0 Å². The third-order valence-corrected chi connectivity index (χ3v) is 4.80. The highest BCUT2D eigenvalue weighted by Gasteiger charge is 2.20. The van der Waals surface area contributed by atoms with Crippen molar-refractivity contribution in [2.45, 2.75) is 52.1 Å². The number of benzene rings is 2. The van der Waals surface area contributed by atoms with Crippen molar-refractivity contribution in [1.82, 2.24) is 0 Å². The fraction of sp³-hybridized carbons (Fsp3) is 0.429. The molecule has 0 atom stereocenters. The number of fused-ring (bicyclic) bond motifs is 2. The Bertz CT molecular complexity index is 650. The number of aryl methyl sites for hydroxylation is 2. The first-order valence-corrected chi connectivity index (χ1v) is 8.91. The first-order chi connectivity index (χ1) is 11.3. The number of aliphatic hydroxyl groups is 1. The fourth-order valence-corrected chi connectivity index (χ4v) is 3.52. The molecular formula is C21H27NO. The summed E-state index contributed by atoms with van der Waals surface area (Å²) in [5.41, 5.74) is 6.50. The molecule has 0 aliphatic carbocycles. The van der Waals surface area contributed by atoms with Gasteiger partial charge in [0.25, 0.3) is 0 Å². The maximum Gasteiger partial charge on any atom is 0.0681 e. The minimum Gasteiger partial charge on any atom is -0.392 e. The van der Waals surface area contributed by atoms with Gasteiger partial charge in [0.2, 0.25) is 0 Å². The summed E-state index contributed by atoms with van der Waals surface area (Å²) < 4.78 is 0. The third kappa shape index (κ3) is 3.59. The van der Waals surface area contributed by atoms with E-state index in [0.717, 1.165) is 24.9 Å². The van der Waals surface area contributed by atoms with E-state index in [1.165, 1.54) is 48.2 Å². The quantitative estimate of drug-likeness (QED) is 0.759. The van der Waals surface area contributed by atoms with Crippen LogP contribution >= 0.6 is 0 Å². The van der Waals surface area contributed by atoms with E-state index in [2.05, 4.69) is 54.3 Å². The molecular weight excluding hydrogens is 282 g/mol. The molecule has 0 unspecified atom stereocenters. The van der Waals surface area contributed by atoms with Crippen LogP contribution in [0, 0.1) is 0 Å². The normalized spacial score (nSPS) is 13.4. The van der Waals surface area contributed by atoms with Gasteiger partial charge in [0, 0.05) is 17.9 Å². The number of unbranched alkanes of at least 4 members (excludes halogenated alkanes) is 3. The van der Waals surface area contributed by atoms with Crippen LogP contribution in [0.1, 0.15) is 49.3 Å². The third-order valence-electron chi connectivity index (χ3n) is 4.80. The Hall–Kier alpha value is -1.80. The van der Waals surface area contributed by atoms with E-state index in [4.69, 9.17) is 0 Å². The highest BCUT2D eigenvalue weighted by atomic mass is 16.3. The average Bonchev–Trinajstić information content (AvgIpc) is 2.75. The van der Waals surface area contributed by atoms with Crippen LogP contribution in [0.3, 0.4) is 0 Å². The molecule has 0 spiro atoms. The van der Waals surface area contributed by atoms with Crippen LogP contribution in [0.5, 0.6) is 0 Å². The zero-order chi connectivity index (χ0) is 16.1. The monoisotopic (exact) mass is 309 g/mol. The van der Waals surface area contributed by atoms with Gasteiger partial charge in [-0.2, -0.15) is 0 Å². The molecule has 122 valence electrons. The lowest BCUT2D eigenvalue weighted by molar-refractivity contribution is 0.281. The molecule has 3 rings (SSSR count). The van der Waals surface area contributed by atoms with Gasteiger partial charge in [-0.1, -0.05) is 56.5 Å². The van der Waals surface area contributed by atoms with Gasteiger partial charge >= 0.3 is 0 Å². The van der Waals surface area contributed by atoms with Crippen LogP contribution in [0.25, 0.3) is 0 Å². The molecule has 2 aromatic rings. The molecule has 0 aromatic heterocycles. The number of rotatable bonds is 6. The topological polar surface area (TPSA) is 23.5 Å². The predicted octanol–water partition coefficient (Wildman–Crippen LogP) is 5.00. The zero-order valence-electron chi connectivity index (χ0n) is 14.1. The molecule has 0 saturated heterocycles. The standard InChI is InChI=1S/C21H27NO/c1-2-3-4-7-14-22-20-9-6-5-8-18(20)11-12-19-15-17(16-23)10-13-21(19)22/h5-6,8-10,13,15,23H,2-4,7,11-12,14,16H2,1H3. The van der Waals surface area contributed by atoms with Gasteiger partial charge in [-0.3, -0.25) is 0 Å². The summed E-state index contributed by atoms with van der Waals surface area (Å²) in [4.78, 5) is 2.49. The van der Waals surface area contributed by atoms with Gasteiger partial charge in [-0.15, -0.1) is 0 Å². The van der Waals surface area contributed by atoms with Crippen LogP contribution in [0.15, 0.2) is 42.5 Å². The van der Waals surface area contributed by atoms with E-state index in [1.54, 1.807) is 0 Å². The van der Waals surface area contributed by atoms with Crippen molar-refractivity contribution in [3.05, 3.63) is 59.2 Å². The van der Waals surface area contributed by atoms with Gasteiger partial charge in [-0.05, 0) is 48.1 Å². The molecule has 0 fully saturated rings. The largest absolute Gasteiger partial charge is 0.392 e. The number of hydrogen-bond donors (Lipinski definition) is 1. The molecule has 0 amide bonds. The molecule has 2 heteroatoms. The lowest BCUT2D eigenvalue weighted by Crippen LogP contribution is -2.19. The summed E-state index contributed by atoms with van der Waals surface area (Å²) >= 11 is 0. The lowest BCUT2D eigenvalue weighted by atomic mass is 10.0. The number of anilines is 2. The molecule has 2 aromatic carbocycles. The van der Waals surface area contributed by atoms with Crippen molar-refractivity contribution in [2.75, 3.05) is 11.4 Å². The summed E-state index contributed by atoms with van der Waals surface area (Å²) in [7, 11) is 0. The van der Waals surface area contributed by atoms with E-state index in [9.17, 15) is 5.11 Å². The van der Waals surface area contributed by atoms with Crippen LogP contribution in [-0.2, 0) is 19.4 Å². The molecule has 1 aliphatic rings. The SMILES string of the molecule is CCCCCCN1c2ccccc2CCc2cc(CO)ccc21. The fourth-order valence-electron chi connectivity index (χ4n) is 3.52. The molecule has 23 heavy (non-hydrogen) atoms. The number of hydrogen-bond acceptors (Lipinski definition) is 2. The van der Waals surface area contributed by atoms with Gasteiger partial charge < -0.3 is 10.0 Å². The second kappa shape index (κ2) is 7.65. The summed E-state index contributed by atoms with van der Waals surface area (Å²) in [6.07, 6.45) is 7.22. The molecule has 0 saturated carbocycles. The summed E-state index contributed by atoms with van der Waals surface area (Å²) in [6.45, 7) is 3.45. The lowest BCUT2D eigenvalue weighted by Gasteiger charge is -2.27. The van der Waals surface area contributed by atoms with Crippen molar-refractivity contribution in [2.24, 2.45) is 0 Å². The molecule has 2 nitrogen and oxygen atoms in total. The van der Waals surface area contributed by atoms with Crippen LogP contribution in [-0.4, -0.2) is 11.7 Å². The van der Waals surface area contributed by atoms with E-state index in [1.807, 2.05) is 0 Å².